The second-order valence-corrected chi connectivity index (χ2v) is 3.88. The van der Waals surface area contributed by atoms with Crippen LogP contribution in [0.15, 0.2) is 42.7 Å². The summed E-state index contributed by atoms with van der Waals surface area (Å²) in [5.74, 6) is 5.25. The molecule has 2 rings (SSSR count). The Balaban J connectivity index is 1.98. The highest BCUT2D eigenvalue weighted by molar-refractivity contribution is 5.93. The van der Waals surface area contributed by atoms with Crippen LogP contribution in [0.3, 0.4) is 0 Å². The number of aromatic nitrogens is 2. The van der Waals surface area contributed by atoms with Crippen molar-refractivity contribution < 1.29 is 4.79 Å². The van der Waals surface area contributed by atoms with E-state index in [4.69, 9.17) is 0 Å². The summed E-state index contributed by atoms with van der Waals surface area (Å²) in [5.41, 5.74) is 1.79. The van der Waals surface area contributed by atoms with E-state index in [1.807, 2.05) is 30.3 Å². The molecule has 4 nitrogen and oxygen atoms in total. The normalized spacial score (nSPS) is 9.39. The van der Waals surface area contributed by atoms with Gasteiger partial charge in [0.1, 0.15) is 0 Å². The highest BCUT2D eigenvalue weighted by atomic mass is 16.2. The van der Waals surface area contributed by atoms with Gasteiger partial charge >= 0.3 is 0 Å². The summed E-state index contributed by atoms with van der Waals surface area (Å²) >= 11 is 0. The predicted molar refractivity (Wildman–Crippen MR) is 68.4 cm³/mol. The van der Waals surface area contributed by atoms with Crippen molar-refractivity contribution in [3.8, 4) is 11.8 Å². The fraction of sp³-hybridized carbons (Fsp3) is 0.143. The highest BCUT2D eigenvalue weighted by Gasteiger charge is 2.06. The van der Waals surface area contributed by atoms with Gasteiger partial charge in [-0.15, -0.1) is 0 Å². The monoisotopic (exact) mass is 239 g/mol. The molecule has 0 aliphatic heterocycles. The Kier molecular flexibility index (Phi) is 3.77. The van der Waals surface area contributed by atoms with E-state index in [9.17, 15) is 4.79 Å². The van der Waals surface area contributed by atoms with E-state index in [-0.39, 0.29) is 5.91 Å². The maximum atomic E-state index is 11.8. The zero-order valence-electron chi connectivity index (χ0n) is 10.1. The Morgan fingerprint density at radius 1 is 1.39 bits per heavy atom. The van der Waals surface area contributed by atoms with Gasteiger partial charge in [-0.05, 0) is 12.1 Å². The van der Waals surface area contributed by atoms with Gasteiger partial charge in [-0.1, -0.05) is 24.1 Å². The molecule has 0 saturated heterocycles. The van der Waals surface area contributed by atoms with Crippen molar-refractivity contribution >= 4 is 5.91 Å². The van der Waals surface area contributed by atoms with Crippen LogP contribution in [-0.4, -0.2) is 28.1 Å². The summed E-state index contributed by atoms with van der Waals surface area (Å²) in [6.07, 6.45) is 3.45. The maximum Gasteiger partial charge on any atom is 0.298 e. The molecule has 90 valence electrons. The van der Waals surface area contributed by atoms with Gasteiger partial charge in [0.05, 0.1) is 6.20 Å². The Morgan fingerprint density at radius 3 is 2.83 bits per heavy atom. The molecule has 1 aromatic carbocycles. The molecule has 0 saturated carbocycles. The third-order valence-electron chi connectivity index (χ3n) is 2.41. The Labute approximate surface area is 106 Å². The van der Waals surface area contributed by atoms with E-state index >= 15 is 0 Å². The van der Waals surface area contributed by atoms with Crippen LogP contribution in [-0.2, 0) is 11.3 Å². The number of rotatable bonds is 2. The minimum absolute atomic E-state index is 0.208. The van der Waals surface area contributed by atoms with Crippen LogP contribution in [0.25, 0.3) is 0 Å². The summed E-state index contributed by atoms with van der Waals surface area (Å²) in [5, 5.41) is 6.54. The fourth-order valence-corrected chi connectivity index (χ4v) is 1.45. The van der Waals surface area contributed by atoms with Crippen molar-refractivity contribution in [2.45, 2.75) is 6.54 Å². The summed E-state index contributed by atoms with van der Waals surface area (Å²) in [6.45, 7) is 0.499. The van der Waals surface area contributed by atoms with E-state index in [0.29, 0.717) is 6.54 Å². The number of carbonyl (C=O) groups excluding carboxylic acids is 1. The number of aromatic amines is 1. The average Bonchev–Trinajstić information content (AvgIpc) is 2.90. The number of nitrogens with zero attached hydrogens (tertiary/aromatic N) is 2. The smallest absolute Gasteiger partial charge is 0.298 e. The van der Waals surface area contributed by atoms with Gasteiger partial charge in [-0.25, -0.2) is 0 Å². The second-order valence-electron chi connectivity index (χ2n) is 3.88. The Hall–Kier alpha value is -2.54. The number of benzene rings is 1. The summed E-state index contributed by atoms with van der Waals surface area (Å²) in [7, 11) is 1.72. The molecule has 0 radical (unpaired) electrons. The largest absolute Gasteiger partial charge is 0.331 e. The van der Waals surface area contributed by atoms with Crippen LogP contribution in [0, 0.1) is 11.8 Å². The molecule has 1 heterocycles. The maximum absolute atomic E-state index is 11.8. The van der Waals surface area contributed by atoms with Crippen molar-refractivity contribution in [2.24, 2.45) is 0 Å². The molecule has 0 aliphatic carbocycles. The number of amides is 1. The van der Waals surface area contributed by atoms with Crippen LogP contribution in [0.4, 0.5) is 0 Å². The predicted octanol–water partition coefficient (Wildman–Crippen LogP) is 1.42. The molecule has 1 aromatic heterocycles. The lowest BCUT2D eigenvalue weighted by Gasteiger charge is -2.11. The van der Waals surface area contributed by atoms with Gasteiger partial charge in [0.25, 0.3) is 5.91 Å². The van der Waals surface area contributed by atoms with Crippen LogP contribution < -0.4 is 0 Å². The molecule has 0 fully saturated rings. The van der Waals surface area contributed by atoms with Crippen LogP contribution >= 0.6 is 0 Å². The lowest BCUT2D eigenvalue weighted by atomic mass is 10.2. The lowest BCUT2D eigenvalue weighted by molar-refractivity contribution is -0.124. The topological polar surface area (TPSA) is 49.0 Å². The molecule has 1 N–H and O–H groups in total. The number of hydrogen-bond acceptors (Lipinski definition) is 2. The standard InChI is InChI=1S/C14H13N3O/c1-17(11-13-9-15-16-10-13)14(18)8-7-12-5-3-2-4-6-12/h2-6,9-10H,11H2,1H3,(H,15,16). The molecule has 0 spiro atoms. The average molecular weight is 239 g/mol. The number of hydrogen-bond donors (Lipinski definition) is 1. The lowest BCUT2D eigenvalue weighted by Crippen LogP contribution is -2.24. The third-order valence-corrected chi connectivity index (χ3v) is 2.41. The molecule has 0 aliphatic rings. The van der Waals surface area contributed by atoms with Crippen molar-refractivity contribution in [2.75, 3.05) is 7.05 Å². The Bertz CT molecular complexity index is 564. The quantitative estimate of drug-likeness (QED) is 0.806. The zero-order valence-corrected chi connectivity index (χ0v) is 10.1. The van der Waals surface area contributed by atoms with Gasteiger partial charge in [-0.3, -0.25) is 9.89 Å². The van der Waals surface area contributed by atoms with E-state index in [1.54, 1.807) is 24.3 Å². The van der Waals surface area contributed by atoms with Gasteiger partial charge in [-0.2, -0.15) is 5.10 Å². The first kappa shape index (κ1) is 11.9. The first-order valence-corrected chi connectivity index (χ1v) is 5.55. The molecule has 18 heavy (non-hydrogen) atoms. The van der Waals surface area contributed by atoms with E-state index in [2.05, 4.69) is 22.0 Å². The summed E-state index contributed by atoms with van der Waals surface area (Å²) < 4.78 is 0. The van der Waals surface area contributed by atoms with Crippen molar-refractivity contribution in [1.82, 2.24) is 15.1 Å². The molecule has 0 unspecified atom stereocenters. The van der Waals surface area contributed by atoms with Gasteiger partial charge in [0, 0.05) is 36.8 Å². The number of nitrogens with one attached hydrogen (secondary N) is 1. The SMILES string of the molecule is CN(Cc1cn[nH]c1)C(=O)C#Cc1ccccc1. The minimum Gasteiger partial charge on any atom is -0.331 e. The minimum atomic E-state index is -0.208. The molecular formula is C14H13N3O. The number of carbonyl (C=O) groups is 1. The molecular weight excluding hydrogens is 226 g/mol. The first-order chi connectivity index (χ1) is 8.75. The van der Waals surface area contributed by atoms with Gasteiger partial charge in [0.2, 0.25) is 0 Å². The highest BCUT2D eigenvalue weighted by Crippen LogP contribution is 2.00. The van der Waals surface area contributed by atoms with Crippen molar-refractivity contribution in [1.29, 1.82) is 0 Å². The van der Waals surface area contributed by atoms with E-state index in [0.717, 1.165) is 11.1 Å². The summed E-state index contributed by atoms with van der Waals surface area (Å²) in [6, 6.07) is 9.44. The summed E-state index contributed by atoms with van der Waals surface area (Å²) in [4.78, 5) is 13.3. The fourth-order valence-electron chi connectivity index (χ4n) is 1.45. The molecule has 4 heteroatoms. The Morgan fingerprint density at radius 2 is 2.17 bits per heavy atom. The van der Waals surface area contributed by atoms with Crippen molar-refractivity contribution in [3.63, 3.8) is 0 Å². The molecule has 2 aromatic rings. The second kappa shape index (κ2) is 5.69. The van der Waals surface area contributed by atoms with Gasteiger partial charge in [0.15, 0.2) is 0 Å². The van der Waals surface area contributed by atoms with Crippen LogP contribution in [0.2, 0.25) is 0 Å². The van der Waals surface area contributed by atoms with Crippen molar-refractivity contribution in [3.05, 3.63) is 53.9 Å². The molecule has 1 amide bonds. The van der Waals surface area contributed by atoms with Gasteiger partial charge < -0.3 is 4.90 Å². The zero-order chi connectivity index (χ0) is 12.8. The van der Waals surface area contributed by atoms with E-state index < -0.39 is 0 Å². The first-order valence-electron chi connectivity index (χ1n) is 5.55. The third kappa shape index (κ3) is 3.22. The van der Waals surface area contributed by atoms with E-state index in [1.165, 1.54) is 0 Å². The molecule has 0 bridgehead atoms. The van der Waals surface area contributed by atoms with Crippen LogP contribution in [0.5, 0.6) is 0 Å². The number of H-pyrrole nitrogens is 1. The van der Waals surface area contributed by atoms with Crippen LogP contribution in [0.1, 0.15) is 11.1 Å². The molecule has 0 atom stereocenters.